The lowest BCUT2D eigenvalue weighted by molar-refractivity contribution is 0.134. The van der Waals surface area contributed by atoms with Crippen LogP contribution >= 0.6 is 31.9 Å². The standard InChI is InChI=1S/C17H16Br2O2/c1-2-21-16-6-5-12(8-15(16)18)17(19)11-3-4-13-9-20-10-14(13)7-11/h3-8,17H,2,9-10H2,1H3. The third-order valence-electron chi connectivity index (χ3n) is 3.59. The minimum absolute atomic E-state index is 0.162. The fourth-order valence-electron chi connectivity index (χ4n) is 2.49. The summed E-state index contributed by atoms with van der Waals surface area (Å²) in [7, 11) is 0. The highest BCUT2D eigenvalue weighted by Crippen LogP contribution is 2.36. The zero-order chi connectivity index (χ0) is 14.8. The minimum atomic E-state index is 0.162. The number of alkyl halides is 1. The average Bonchev–Trinajstić information content (AvgIpc) is 2.96. The van der Waals surface area contributed by atoms with Crippen LogP contribution in [0.1, 0.15) is 34.0 Å². The van der Waals surface area contributed by atoms with Crippen LogP contribution in [0.5, 0.6) is 5.75 Å². The van der Waals surface area contributed by atoms with Gasteiger partial charge in [-0.25, -0.2) is 0 Å². The van der Waals surface area contributed by atoms with Crippen LogP contribution < -0.4 is 4.74 Å². The molecule has 21 heavy (non-hydrogen) atoms. The van der Waals surface area contributed by atoms with Crippen molar-refractivity contribution in [1.82, 2.24) is 0 Å². The number of ether oxygens (including phenoxy) is 2. The number of rotatable bonds is 4. The van der Waals surface area contributed by atoms with Crippen LogP contribution in [0.3, 0.4) is 0 Å². The first-order chi connectivity index (χ1) is 10.2. The lowest BCUT2D eigenvalue weighted by Gasteiger charge is -2.14. The van der Waals surface area contributed by atoms with Crippen molar-refractivity contribution in [3.8, 4) is 5.75 Å². The van der Waals surface area contributed by atoms with E-state index in [1.165, 1.54) is 22.3 Å². The van der Waals surface area contributed by atoms with E-state index < -0.39 is 0 Å². The van der Waals surface area contributed by atoms with Crippen molar-refractivity contribution in [3.63, 3.8) is 0 Å². The summed E-state index contributed by atoms with van der Waals surface area (Å²) < 4.78 is 12.0. The largest absolute Gasteiger partial charge is 0.493 e. The topological polar surface area (TPSA) is 18.5 Å². The van der Waals surface area contributed by atoms with E-state index in [0.717, 1.165) is 23.4 Å². The summed E-state index contributed by atoms with van der Waals surface area (Å²) in [6, 6.07) is 12.8. The van der Waals surface area contributed by atoms with E-state index in [9.17, 15) is 0 Å². The van der Waals surface area contributed by atoms with Gasteiger partial charge in [0, 0.05) is 0 Å². The second-order valence-corrected chi connectivity index (χ2v) is 6.78. The summed E-state index contributed by atoms with van der Waals surface area (Å²) >= 11 is 7.37. The lowest BCUT2D eigenvalue weighted by atomic mass is 10.0. The van der Waals surface area contributed by atoms with Gasteiger partial charge in [0.1, 0.15) is 5.75 Å². The van der Waals surface area contributed by atoms with Crippen molar-refractivity contribution in [1.29, 1.82) is 0 Å². The molecular formula is C17H16Br2O2. The summed E-state index contributed by atoms with van der Waals surface area (Å²) in [5.74, 6) is 0.878. The van der Waals surface area contributed by atoms with Gasteiger partial charge in [0.2, 0.25) is 0 Å². The molecule has 0 bridgehead atoms. The first-order valence-electron chi connectivity index (χ1n) is 6.94. The third-order valence-corrected chi connectivity index (χ3v) is 5.26. The average molecular weight is 412 g/mol. The summed E-state index contributed by atoms with van der Waals surface area (Å²) in [6.07, 6.45) is 0. The van der Waals surface area contributed by atoms with Gasteiger partial charge in [-0.3, -0.25) is 0 Å². The fourth-order valence-corrected chi connectivity index (χ4v) is 3.57. The molecule has 0 fully saturated rings. The lowest BCUT2D eigenvalue weighted by Crippen LogP contribution is -1.97. The predicted octanol–water partition coefficient (Wildman–Crippen LogP) is 5.36. The second-order valence-electron chi connectivity index (χ2n) is 5.01. The maximum Gasteiger partial charge on any atom is 0.133 e. The van der Waals surface area contributed by atoms with Crippen LogP contribution in [-0.2, 0) is 18.0 Å². The summed E-state index contributed by atoms with van der Waals surface area (Å²) in [5, 5.41) is 0. The summed E-state index contributed by atoms with van der Waals surface area (Å²) in [5.41, 5.74) is 5.03. The van der Waals surface area contributed by atoms with Crippen molar-refractivity contribution in [2.45, 2.75) is 25.0 Å². The number of hydrogen-bond acceptors (Lipinski definition) is 2. The second kappa shape index (κ2) is 6.51. The molecule has 0 radical (unpaired) electrons. The zero-order valence-corrected chi connectivity index (χ0v) is 14.9. The first-order valence-corrected chi connectivity index (χ1v) is 8.65. The van der Waals surface area contributed by atoms with Gasteiger partial charge in [-0.15, -0.1) is 0 Å². The molecule has 2 nitrogen and oxygen atoms in total. The monoisotopic (exact) mass is 410 g/mol. The number of hydrogen-bond donors (Lipinski definition) is 0. The van der Waals surface area contributed by atoms with Crippen molar-refractivity contribution < 1.29 is 9.47 Å². The molecule has 0 spiro atoms. The van der Waals surface area contributed by atoms with Crippen LogP contribution in [0.25, 0.3) is 0 Å². The van der Waals surface area contributed by atoms with Crippen LogP contribution in [0.4, 0.5) is 0 Å². The molecule has 1 unspecified atom stereocenters. The van der Waals surface area contributed by atoms with Gasteiger partial charge < -0.3 is 9.47 Å². The van der Waals surface area contributed by atoms with E-state index in [0.29, 0.717) is 6.61 Å². The molecular weight excluding hydrogens is 396 g/mol. The zero-order valence-electron chi connectivity index (χ0n) is 11.7. The number of benzene rings is 2. The Labute approximate surface area is 141 Å². The van der Waals surface area contributed by atoms with Crippen LogP contribution in [0.15, 0.2) is 40.9 Å². The minimum Gasteiger partial charge on any atom is -0.493 e. The summed E-state index contributed by atoms with van der Waals surface area (Å²) in [4.78, 5) is 0.162. The highest BCUT2D eigenvalue weighted by Gasteiger charge is 2.16. The highest BCUT2D eigenvalue weighted by atomic mass is 79.9. The molecule has 0 N–H and O–H groups in total. The molecule has 1 atom stereocenters. The molecule has 3 rings (SSSR count). The quantitative estimate of drug-likeness (QED) is 0.630. The molecule has 1 heterocycles. The van der Waals surface area contributed by atoms with Gasteiger partial charge in [-0.05, 0) is 57.2 Å². The maximum atomic E-state index is 5.56. The Bertz CT molecular complexity index is 655. The van der Waals surface area contributed by atoms with Gasteiger partial charge >= 0.3 is 0 Å². The Kier molecular flexibility index (Phi) is 4.67. The van der Waals surface area contributed by atoms with E-state index in [1.54, 1.807) is 0 Å². The highest BCUT2D eigenvalue weighted by molar-refractivity contribution is 9.10. The smallest absolute Gasteiger partial charge is 0.133 e. The Balaban J connectivity index is 1.88. The molecule has 0 amide bonds. The molecule has 0 aromatic heterocycles. The van der Waals surface area contributed by atoms with E-state index in [1.807, 2.05) is 13.0 Å². The molecule has 1 aliphatic heterocycles. The maximum absolute atomic E-state index is 5.56. The van der Waals surface area contributed by atoms with Crippen molar-refractivity contribution in [3.05, 3.63) is 63.1 Å². The normalized spacial score (nSPS) is 14.8. The van der Waals surface area contributed by atoms with Crippen LogP contribution in [-0.4, -0.2) is 6.61 Å². The Morgan fingerprint density at radius 2 is 1.81 bits per heavy atom. The van der Waals surface area contributed by atoms with E-state index in [-0.39, 0.29) is 4.83 Å². The number of halogens is 2. The molecule has 0 saturated carbocycles. The van der Waals surface area contributed by atoms with E-state index in [2.05, 4.69) is 62.2 Å². The van der Waals surface area contributed by atoms with Gasteiger partial charge in [-0.2, -0.15) is 0 Å². The molecule has 4 heteroatoms. The fraction of sp³-hybridized carbons (Fsp3) is 0.294. The Morgan fingerprint density at radius 1 is 1.10 bits per heavy atom. The molecule has 0 aliphatic carbocycles. The van der Waals surface area contributed by atoms with Gasteiger partial charge in [0.05, 0.1) is 29.1 Å². The summed E-state index contributed by atoms with van der Waals surface area (Å²) in [6.45, 7) is 4.10. The first kappa shape index (κ1) is 15.1. The molecule has 1 aliphatic rings. The van der Waals surface area contributed by atoms with Gasteiger partial charge in [-0.1, -0.05) is 40.2 Å². The predicted molar refractivity (Wildman–Crippen MR) is 91.0 cm³/mol. The SMILES string of the molecule is CCOc1ccc(C(Br)c2ccc3c(c2)COC3)cc1Br. The molecule has 0 saturated heterocycles. The van der Waals surface area contributed by atoms with Gasteiger partial charge in [0.25, 0.3) is 0 Å². The number of fused-ring (bicyclic) bond motifs is 1. The Hall–Kier alpha value is -0.840. The third kappa shape index (κ3) is 3.17. The van der Waals surface area contributed by atoms with Crippen LogP contribution in [0, 0.1) is 0 Å². The molecule has 110 valence electrons. The molecule has 2 aromatic carbocycles. The van der Waals surface area contributed by atoms with Crippen LogP contribution in [0.2, 0.25) is 0 Å². The van der Waals surface area contributed by atoms with Crippen molar-refractivity contribution in [2.24, 2.45) is 0 Å². The van der Waals surface area contributed by atoms with Gasteiger partial charge in [0.15, 0.2) is 0 Å². The van der Waals surface area contributed by atoms with E-state index >= 15 is 0 Å². The Morgan fingerprint density at radius 3 is 2.57 bits per heavy atom. The van der Waals surface area contributed by atoms with E-state index in [4.69, 9.17) is 9.47 Å². The molecule has 2 aromatic rings. The van der Waals surface area contributed by atoms with Crippen molar-refractivity contribution in [2.75, 3.05) is 6.61 Å². The van der Waals surface area contributed by atoms with Crippen molar-refractivity contribution >= 4 is 31.9 Å².